The fraction of sp³-hybridized carbons (Fsp3) is 0.611. The standard InChI is InChI=1S/C18H29N3/c1-4-7-15(12-13-19)10-11-18-20-16-8-5-6-9-17(16)21(18)14(2)3/h5-6,8-9,14-15H,4,7,10-13,19H2,1-3H3. The van der Waals surface area contributed by atoms with Crippen molar-refractivity contribution in [2.24, 2.45) is 11.7 Å². The number of hydrogen-bond donors (Lipinski definition) is 1. The van der Waals surface area contributed by atoms with Gasteiger partial charge in [-0.05, 0) is 51.3 Å². The third-order valence-electron chi connectivity index (χ3n) is 4.23. The molecular weight excluding hydrogens is 258 g/mol. The summed E-state index contributed by atoms with van der Waals surface area (Å²) in [5.74, 6) is 1.96. The average Bonchev–Trinajstić information content (AvgIpc) is 2.83. The number of nitrogens with two attached hydrogens (primary N) is 1. The van der Waals surface area contributed by atoms with E-state index >= 15 is 0 Å². The molecule has 0 saturated heterocycles. The van der Waals surface area contributed by atoms with Gasteiger partial charge in [-0.2, -0.15) is 0 Å². The van der Waals surface area contributed by atoms with Gasteiger partial charge in [0.25, 0.3) is 0 Å². The van der Waals surface area contributed by atoms with Crippen LogP contribution < -0.4 is 5.73 Å². The molecule has 0 bridgehead atoms. The summed E-state index contributed by atoms with van der Waals surface area (Å²) < 4.78 is 2.39. The zero-order valence-electron chi connectivity index (χ0n) is 13.7. The van der Waals surface area contributed by atoms with Gasteiger partial charge < -0.3 is 10.3 Å². The summed E-state index contributed by atoms with van der Waals surface area (Å²) in [6.07, 6.45) is 5.90. The molecule has 0 radical (unpaired) electrons. The van der Waals surface area contributed by atoms with Crippen molar-refractivity contribution in [3.8, 4) is 0 Å². The summed E-state index contributed by atoms with van der Waals surface area (Å²) in [6.45, 7) is 7.53. The predicted octanol–water partition coefficient (Wildman–Crippen LogP) is 4.31. The van der Waals surface area contributed by atoms with E-state index in [0.29, 0.717) is 6.04 Å². The second kappa shape index (κ2) is 7.60. The molecule has 21 heavy (non-hydrogen) atoms. The second-order valence-corrected chi connectivity index (χ2v) is 6.25. The molecule has 0 saturated carbocycles. The van der Waals surface area contributed by atoms with E-state index in [4.69, 9.17) is 10.7 Å². The SMILES string of the molecule is CCCC(CCN)CCc1nc2ccccc2n1C(C)C. The molecule has 3 nitrogen and oxygen atoms in total. The number of benzene rings is 1. The summed E-state index contributed by atoms with van der Waals surface area (Å²) in [5.41, 5.74) is 8.12. The van der Waals surface area contributed by atoms with E-state index in [9.17, 15) is 0 Å². The van der Waals surface area contributed by atoms with Gasteiger partial charge in [0.15, 0.2) is 0 Å². The van der Waals surface area contributed by atoms with Gasteiger partial charge in [-0.1, -0.05) is 31.9 Å². The molecule has 116 valence electrons. The first-order chi connectivity index (χ1) is 10.2. The van der Waals surface area contributed by atoms with Gasteiger partial charge in [-0.25, -0.2) is 4.98 Å². The fourth-order valence-electron chi connectivity index (χ4n) is 3.26. The van der Waals surface area contributed by atoms with Gasteiger partial charge in [-0.3, -0.25) is 0 Å². The highest BCUT2D eigenvalue weighted by Gasteiger charge is 2.15. The minimum atomic E-state index is 0.450. The van der Waals surface area contributed by atoms with Crippen LogP contribution in [0.5, 0.6) is 0 Å². The summed E-state index contributed by atoms with van der Waals surface area (Å²) >= 11 is 0. The molecule has 0 aliphatic heterocycles. The highest BCUT2D eigenvalue weighted by molar-refractivity contribution is 5.76. The van der Waals surface area contributed by atoms with Crippen LogP contribution in [0.1, 0.15) is 58.3 Å². The minimum absolute atomic E-state index is 0.450. The number of rotatable bonds is 8. The quantitative estimate of drug-likeness (QED) is 0.786. The summed E-state index contributed by atoms with van der Waals surface area (Å²) in [4.78, 5) is 4.86. The number of aryl methyl sites for hydroxylation is 1. The smallest absolute Gasteiger partial charge is 0.110 e. The molecular formula is C18H29N3. The van der Waals surface area contributed by atoms with E-state index in [1.54, 1.807) is 0 Å². The van der Waals surface area contributed by atoms with Crippen LogP contribution >= 0.6 is 0 Å². The van der Waals surface area contributed by atoms with Gasteiger partial charge in [0.1, 0.15) is 5.82 Å². The topological polar surface area (TPSA) is 43.8 Å². The molecule has 1 aromatic heterocycles. The maximum atomic E-state index is 5.75. The normalized spacial score (nSPS) is 13.2. The number of imidazole rings is 1. The molecule has 1 aromatic carbocycles. The highest BCUT2D eigenvalue weighted by Crippen LogP contribution is 2.24. The van der Waals surface area contributed by atoms with Crippen LogP contribution in [-0.4, -0.2) is 16.1 Å². The number of para-hydroxylation sites is 2. The average molecular weight is 287 g/mol. The molecule has 2 aromatic rings. The molecule has 0 spiro atoms. The Morgan fingerprint density at radius 3 is 2.57 bits per heavy atom. The molecule has 0 fully saturated rings. The third-order valence-corrected chi connectivity index (χ3v) is 4.23. The lowest BCUT2D eigenvalue weighted by Crippen LogP contribution is -2.12. The molecule has 1 unspecified atom stereocenters. The molecule has 2 N–H and O–H groups in total. The molecule has 2 rings (SSSR count). The van der Waals surface area contributed by atoms with E-state index in [-0.39, 0.29) is 0 Å². The Morgan fingerprint density at radius 2 is 1.90 bits per heavy atom. The van der Waals surface area contributed by atoms with Crippen LogP contribution in [0, 0.1) is 5.92 Å². The summed E-state index contributed by atoms with van der Waals surface area (Å²) in [7, 11) is 0. The van der Waals surface area contributed by atoms with E-state index in [0.717, 1.165) is 30.8 Å². The number of fused-ring (bicyclic) bond motifs is 1. The van der Waals surface area contributed by atoms with Crippen LogP contribution in [-0.2, 0) is 6.42 Å². The van der Waals surface area contributed by atoms with Gasteiger partial charge in [0, 0.05) is 12.5 Å². The number of aromatic nitrogens is 2. The van der Waals surface area contributed by atoms with E-state index < -0.39 is 0 Å². The summed E-state index contributed by atoms with van der Waals surface area (Å²) in [6, 6.07) is 8.90. The van der Waals surface area contributed by atoms with Crippen molar-refractivity contribution in [1.29, 1.82) is 0 Å². The molecule has 1 heterocycles. The van der Waals surface area contributed by atoms with Crippen LogP contribution in [0.2, 0.25) is 0 Å². The Labute approximate surface area is 128 Å². The monoisotopic (exact) mass is 287 g/mol. The first-order valence-corrected chi connectivity index (χ1v) is 8.33. The molecule has 0 aliphatic carbocycles. The minimum Gasteiger partial charge on any atom is -0.330 e. The molecule has 0 aliphatic rings. The number of hydrogen-bond acceptors (Lipinski definition) is 2. The van der Waals surface area contributed by atoms with Crippen LogP contribution in [0.25, 0.3) is 11.0 Å². The van der Waals surface area contributed by atoms with Crippen molar-refractivity contribution < 1.29 is 0 Å². The lowest BCUT2D eigenvalue weighted by atomic mass is 9.94. The lowest BCUT2D eigenvalue weighted by Gasteiger charge is -2.17. The maximum Gasteiger partial charge on any atom is 0.110 e. The van der Waals surface area contributed by atoms with Crippen molar-refractivity contribution in [2.75, 3.05) is 6.54 Å². The Bertz CT molecular complexity index is 551. The summed E-state index contributed by atoms with van der Waals surface area (Å²) in [5, 5.41) is 0. The Morgan fingerprint density at radius 1 is 1.14 bits per heavy atom. The first-order valence-electron chi connectivity index (χ1n) is 8.33. The van der Waals surface area contributed by atoms with Gasteiger partial charge in [0.05, 0.1) is 11.0 Å². The first kappa shape index (κ1) is 16.0. The van der Waals surface area contributed by atoms with Crippen molar-refractivity contribution in [3.63, 3.8) is 0 Å². The van der Waals surface area contributed by atoms with Crippen LogP contribution in [0.3, 0.4) is 0 Å². The lowest BCUT2D eigenvalue weighted by molar-refractivity contribution is 0.412. The van der Waals surface area contributed by atoms with Crippen molar-refractivity contribution in [2.45, 2.75) is 58.9 Å². The second-order valence-electron chi connectivity index (χ2n) is 6.25. The van der Waals surface area contributed by atoms with Crippen LogP contribution in [0.4, 0.5) is 0 Å². The predicted molar refractivity (Wildman–Crippen MR) is 90.5 cm³/mol. The fourth-order valence-corrected chi connectivity index (χ4v) is 3.26. The van der Waals surface area contributed by atoms with Gasteiger partial charge >= 0.3 is 0 Å². The Hall–Kier alpha value is -1.35. The zero-order chi connectivity index (χ0) is 15.2. The molecule has 1 atom stereocenters. The highest BCUT2D eigenvalue weighted by atomic mass is 15.1. The zero-order valence-corrected chi connectivity index (χ0v) is 13.7. The Balaban J connectivity index is 2.19. The Kier molecular flexibility index (Phi) is 5.80. The van der Waals surface area contributed by atoms with Gasteiger partial charge in [0.2, 0.25) is 0 Å². The van der Waals surface area contributed by atoms with E-state index in [2.05, 4.69) is 49.6 Å². The van der Waals surface area contributed by atoms with Crippen LogP contribution in [0.15, 0.2) is 24.3 Å². The number of nitrogens with zero attached hydrogens (tertiary/aromatic N) is 2. The van der Waals surface area contributed by atoms with E-state index in [1.807, 2.05) is 0 Å². The van der Waals surface area contributed by atoms with Crippen molar-refractivity contribution >= 4 is 11.0 Å². The van der Waals surface area contributed by atoms with Crippen molar-refractivity contribution in [1.82, 2.24) is 9.55 Å². The molecule has 0 amide bonds. The van der Waals surface area contributed by atoms with Crippen molar-refractivity contribution in [3.05, 3.63) is 30.1 Å². The molecule has 3 heteroatoms. The van der Waals surface area contributed by atoms with E-state index in [1.165, 1.54) is 30.6 Å². The largest absolute Gasteiger partial charge is 0.330 e. The maximum absolute atomic E-state index is 5.75. The van der Waals surface area contributed by atoms with Gasteiger partial charge in [-0.15, -0.1) is 0 Å². The third kappa shape index (κ3) is 3.85.